The molecule has 0 aromatic heterocycles. The van der Waals surface area contributed by atoms with Crippen LogP contribution in [0.1, 0.15) is 44.1 Å². The lowest BCUT2D eigenvalue weighted by atomic mass is 10.1. The summed E-state index contributed by atoms with van der Waals surface area (Å²) in [4.78, 5) is 0. The molecule has 0 spiro atoms. The summed E-state index contributed by atoms with van der Waals surface area (Å²) in [6.45, 7) is 2.36. The minimum absolute atomic E-state index is 0.646. The van der Waals surface area contributed by atoms with E-state index < -0.39 is 0 Å². The van der Waals surface area contributed by atoms with Crippen LogP contribution in [0.3, 0.4) is 0 Å². The van der Waals surface area contributed by atoms with Gasteiger partial charge in [0.05, 0.1) is 13.2 Å². The summed E-state index contributed by atoms with van der Waals surface area (Å²) < 4.78 is 5.68. The lowest BCUT2D eigenvalue weighted by molar-refractivity contribution is 0.120. The zero-order valence-corrected chi connectivity index (χ0v) is 12.3. The molecule has 1 aliphatic carbocycles. The number of nitrogens with one attached hydrogen (secondary N) is 1. The molecule has 0 radical (unpaired) electrons. The molecule has 2 rings (SSSR count). The van der Waals surface area contributed by atoms with Crippen LogP contribution in [-0.2, 0) is 11.3 Å². The molecule has 3 heteroatoms. The Hall–Kier alpha value is -0.570. The normalized spacial score (nSPS) is 17.3. The number of hydrogen-bond donors (Lipinski definition) is 1. The van der Waals surface area contributed by atoms with Crippen molar-refractivity contribution < 1.29 is 4.74 Å². The summed E-state index contributed by atoms with van der Waals surface area (Å²) in [6.07, 6.45) is 8.22. The van der Waals surface area contributed by atoms with E-state index in [9.17, 15) is 0 Å². The molecule has 1 aromatic carbocycles. The Morgan fingerprint density at radius 3 is 2.68 bits per heavy atom. The van der Waals surface area contributed by atoms with E-state index in [0.29, 0.717) is 12.6 Å². The van der Waals surface area contributed by atoms with Crippen molar-refractivity contribution in [2.24, 2.45) is 0 Å². The maximum absolute atomic E-state index is 5.93. The van der Waals surface area contributed by atoms with E-state index >= 15 is 0 Å². The van der Waals surface area contributed by atoms with Gasteiger partial charge in [-0.2, -0.15) is 0 Å². The van der Waals surface area contributed by atoms with Crippen molar-refractivity contribution in [3.05, 3.63) is 34.9 Å². The second-order valence-corrected chi connectivity index (χ2v) is 5.76. The number of halogens is 1. The van der Waals surface area contributed by atoms with Gasteiger partial charge in [-0.05, 0) is 30.5 Å². The molecule has 106 valence electrons. The van der Waals surface area contributed by atoms with Crippen LogP contribution in [-0.4, -0.2) is 19.2 Å². The van der Waals surface area contributed by atoms with Crippen LogP contribution in [0.5, 0.6) is 0 Å². The molecule has 0 unspecified atom stereocenters. The third-order valence-corrected chi connectivity index (χ3v) is 3.93. The van der Waals surface area contributed by atoms with E-state index in [1.54, 1.807) is 0 Å². The van der Waals surface area contributed by atoms with Crippen molar-refractivity contribution in [1.29, 1.82) is 0 Å². The lowest BCUT2D eigenvalue weighted by Crippen LogP contribution is -2.31. The van der Waals surface area contributed by atoms with E-state index in [2.05, 4.69) is 5.32 Å². The minimum Gasteiger partial charge on any atom is -0.375 e. The monoisotopic (exact) mass is 281 g/mol. The van der Waals surface area contributed by atoms with Crippen LogP contribution in [0.2, 0.25) is 5.02 Å². The highest BCUT2D eigenvalue weighted by atomic mass is 35.5. The molecule has 0 saturated heterocycles. The number of rotatable bonds is 6. The molecule has 1 fully saturated rings. The van der Waals surface area contributed by atoms with Crippen LogP contribution in [0, 0.1) is 0 Å². The highest BCUT2D eigenvalue weighted by Crippen LogP contribution is 2.17. The van der Waals surface area contributed by atoms with Gasteiger partial charge in [-0.3, -0.25) is 0 Å². The highest BCUT2D eigenvalue weighted by Gasteiger charge is 2.10. The summed E-state index contributed by atoms with van der Waals surface area (Å²) in [5.74, 6) is 0. The number of hydrogen-bond acceptors (Lipinski definition) is 2. The Labute approximate surface area is 121 Å². The number of ether oxygens (including phenoxy) is 1. The zero-order valence-electron chi connectivity index (χ0n) is 11.5. The fourth-order valence-electron chi connectivity index (χ4n) is 2.64. The van der Waals surface area contributed by atoms with Crippen LogP contribution in [0.25, 0.3) is 0 Å². The lowest BCUT2D eigenvalue weighted by Gasteiger charge is -2.16. The van der Waals surface area contributed by atoms with Crippen LogP contribution >= 0.6 is 11.6 Å². The maximum atomic E-state index is 5.93. The fraction of sp³-hybridized carbons (Fsp3) is 0.625. The molecule has 0 aliphatic heterocycles. The molecule has 1 aromatic rings. The SMILES string of the molecule is Clc1cccc(COCCNC2CCCCCC2)c1. The van der Waals surface area contributed by atoms with Crippen molar-refractivity contribution in [1.82, 2.24) is 5.32 Å². The van der Waals surface area contributed by atoms with E-state index in [1.807, 2.05) is 24.3 Å². The predicted octanol–water partition coefficient (Wildman–Crippen LogP) is 4.17. The highest BCUT2D eigenvalue weighted by molar-refractivity contribution is 6.30. The molecule has 1 N–H and O–H groups in total. The van der Waals surface area contributed by atoms with E-state index in [0.717, 1.165) is 23.7 Å². The second-order valence-electron chi connectivity index (χ2n) is 5.33. The quantitative estimate of drug-likeness (QED) is 0.624. The van der Waals surface area contributed by atoms with E-state index in [4.69, 9.17) is 16.3 Å². The van der Waals surface area contributed by atoms with Gasteiger partial charge in [-0.15, -0.1) is 0 Å². The molecule has 0 bridgehead atoms. The first-order valence-corrected chi connectivity index (χ1v) is 7.78. The van der Waals surface area contributed by atoms with Gasteiger partial charge in [0.2, 0.25) is 0 Å². The van der Waals surface area contributed by atoms with Crippen molar-refractivity contribution in [2.75, 3.05) is 13.2 Å². The van der Waals surface area contributed by atoms with Crippen molar-refractivity contribution in [3.63, 3.8) is 0 Å². The standard InChI is InChI=1S/C16H24ClNO/c17-15-7-5-6-14(12-15)13-19-11-10-18-16-8-3-1-2-4-9-16/h5-7,12,16,18H,1-4,8-11,13H2. The van der Waals surface area contributed by atoms with Gasteiger partial charge in [-0.1, -0.05) is 49.4 Å². The van der Waals surface area contributed by atoms with Crippen LogP contribution < -0.4 is 5.32 Å². The summed E-state index contributed by atoms with van der Waals surface area (Å²) >= 11 is 5.93. The van der Waals surface area contributed by atoms with Gasteiger partial charge in [0.25, 0.3) is 0 Å². The molecule has 0 atom stereocenters. The van der Waals surface area contributed by atoms with Crippen molar-refractivity contribution in [2.45, 2.75) is 51.2 Å². The molecule has 0 amide bonds. The van der Waals surface area contributed by atoms with Gasteiger partial charge >= 0.3 is 0 Å². The zero-order chi connectivity index (χ0) is 13.3. The fourth-order valence-corrected chi connectivity index (χ4v) is 2.85. The Kier molecular flexibility index (Phi) is 6.69. The molecule has 0 heterocycles. The molecule has 19 heavy (non-hydrogen) atoms. The Bertz CT molecular complexity index is 362. The van der Waals surface area contributed by atoms with Gasteiger partial charge in [0.1, 0.15) is 0 Å². The largest absolute Gasteiger partial charge is 0.375 e. The first-order chi connectivity index (χ1) is 9.34. The maximum Gasteiger partial charge on any atom is 0.0718 e. The average molecular weight is 282 g/mol. The first-order valence-electron chi connectivity index (χ1n) is 7.40. The van der Waals surface area contributed by atoms with Gasteiger partial charge in [0.15, 0.2) is 0 Å². The van der Waals surface area contributed by atoms with Crippen molar-refractivity contribution in [3.8, 4) is 0 Å². The second kappa shape index (κ2) is 8.57. The molecule has 1 aliphatic rings. The van der Waals surface area contributed by atoms with Gasteiger partial charge < -0.3 is 10.1 Å². The molecular weight excluding hydrogens is 258 g/mol. The van der Waals surface area contributed by atoms with Gasteiger partial charge in [0, 0.05) is 17.6 Å². The predicted molar refractivity (Wildman–Crippen MR) is 80.6 cm³/mol. The molecule has 2 nitrogen and oxygen atoms in total. The summed E-state index contributed by atoms with van der Waals surface area (Å²) in [6, 6.07) is 8.56. The van der Waals surface area contributed by atoms with E-state index in [1.165, 1.54) is 38.5 Å². The topological polar surface area (TPSA) is 21.3 Å². The minimum atomic E-state index is 0.646. The van der Waals surface area contributed by atoms with Crippen LogP contribution in [0.15, 0.2) is 24.3 Å². The number of benzene rings is 1. The third kappa shape index (κ3) is 5.94. The summed E-state index contributed by atoms with van der Waals surface area (Å²) in [5.41, 5.74) is 1.14. The molecular formula is C16H24ClNO. The van der Waals surface area contributed by atoms with Crippen molar-refractivity contribution >= 4 is 11.6 Å². The summed E-state index contributed by atoms with van der Waals surface area (Å²) in [7, 11) is 0. The Morgan fingerprint density at radius 1 is 1.16 bits per heavy atom. The molecule has 1 saturated carbocycles. The average Bonchev–Trinajstić information content (AvgIpc) is 2.67. The van der Waals surface area contributed by atoms with Crippen LogP contribution in [0.4, 0.5) is 0 Å². The smallest absolute Gasteiger partial charge is 0.0718 e. The Morgan fingerprint density at radius 2 is 1.95 bits per heavy atom. The van der Waals surface area contributed by atoms with E-state index in [-0.39, 0.29) is 0 Å². The summed E-state index contributed by atoms with van der Waals surface area (Å²) in [5, 5.41) is 4.38. The van der Waals surface area contributed by atoms with Gasteiger partial charge in [-0.25, -0.2) is 0 Å². The first kappa shape index (κ1) is 14.8. The Balaban J connectivity index is 1.56. The third-order valence-electron chi connectivity index (χ3n) is 3.69.